The Morgan fingerprint density at radius 1 is 1.38 bits per heavy atom. The molecule has 1 aromatic carbocycles. The molecule has 136 valence electrons. The van der Waals surface area contributed by atoms with Gasteiger partial charge in [-0.3, -0.25) is 14.3 Å². The molecule has 0 aliphatic carbocycles. The Balaban J connectivity index is 1.51. The zero-order valence-corrected chi connectivity index (χ0v) is 14.9. The molecule has 0 saturated carbocycles. The van der Waals surface area contributed by atoms with Crippen LogP contribution in [0.1, 0.15) is 46.1 Å². The van der Waals surface area contributed by atoms with E-state index >= 15 is 0 Å². The largest absolute Gasteiger partial charge is 0.371 e. The van der Waals surface area contributed by atoms with Gasteiger partial charge >= 0.3 is 0 Å². The predicted octanol–water partition coefficient (Wildman–Crippen LogP) is 1.87. The monoisotopic (exact) mass is 354 g/mol. The topological polar surface area (TPSA) is 85.2 Å². The predicted molar refractivity (Wildman–Crippen MR) is 95.9 cm³/mol. The van der Waals surface area contributed by atoms with Gasteiger partial charge in [0.05, 0.1) is 12.2 Å². The van der Waals surface area contributed by atoms with Gasteiger partial charge in [-0.25, -0.2) is 0 Å². The van der Waals surface area contributed by atoms with Crippen LogP contribution in [0.2, 0.25) is 0 Å². The van der Waals surface area contributed by atoms with E-state index in [-0.39, 0.29) is 24.0 Å². The van der Waals surface area contributed by atoms with Crippen molar-refractivity contribution in [2.75, 3.05) is 11.9 Å². The summed E-state index contributed by atoms with van der Waals surface area (Å²) in [5.41, 5.74) is 4.46. The van der Waals surface area contributed by atoms with E-state index in [9.17, 15) is 9.59 Å². The van der Waals surface area contributed by atoms with Crippen molar-refractivity contribution in [3.8, 4) is 0 Å². The van der Waals surface area contributed by atoms with Crippen molar-refractivity contribution >= 4 is 17.5 Å². The summed E-state index contributed by atoms with van der Waals surface area (Å²) >= 11 is 0. The second-order valence-electron chi connectivity index (χ2n) is 6.89. The van der Waals surface area contributed by atoms with Crippen molar-refractivity contribution < 1.29 is 14.3 Å². The van der Waals surface area contributed by atoms with Gasteiger partial charge in [0.1, 0.15) is 6.10 Å². The smallest absolute Gasteiger partial charge is 0.251 e. The third kappa shape index (κ3) is 2.99. The first-order valence-corrected chi connectivity index (χ1v) is 8.86. The zero-order valence-electron chi connectivity index (χ0n) is 14.9. The summed E-state index contributed by atoms with van der Waals surface area (Å²) in [5.74, 6) is -0.0979. The molecule has 7 nitrogen and oxygen atoms in total. The SMILES string of the molecule is Cc1c([C@H]2OCC[C@@H]2NC(=O)c2ccc3c(c2)CCC(=O)N3)cnn1C. The van der Waals surface area contributed by atoms with Crippen LogP contribution in [0.3, 0.4) is 0 Å². The number of hydrogen-bond acceptors (Lipinski definition) is 4. The van der Waals surface area contributed by atoms with Crippen LogP contribution in [-0.4, -0.2) is 34.2 Å². The van der Waals surface area contributed by atoms with Gasteiger partial charge in [-0.2, -0.15) is 5.10 Å². The number of aryl methyl sites for hydroxylation is 2. The van der Waals surface area contributed by atoms with E-state index < -0.39 is 0 Å². The number of aromatic nitrogens is 2. The van der Waals surface area contributed by atoms with Gasteiger partial charge in [-0.15, -0.1) is 0 Å². The standard InChI is InChI=1S/C19H22N4O3/c1-11-14(10-20-23(11)2)18-16(7-8-26-18)22-19(25)13-3-5-15-12(9-13)4-6-17(24)21-15/h3,5,9-10,16,18H,4,6-8H2,1-2H3,(H,21,24)(H,22,25)/t16-,18+/m0/s1. The molecule has 2 amide bonds. The summed E-state index contributed by atoms with van der Waals surface area (Å²) in [6.07, 6.45) is 3.52. The van der Waals surface area contributed by atoms with Crippen molar-refractivity contribution in [2.45, 2.75) is 38.3 Å². The highest BCUT2D eigenvalue weighted by Crippen LogP contribution is 2.31. The lowest BCUT2D eigenvalue weighted by atomic mass is 9.99. The fourth-order valence-corrected chi connectivity index (χ4v) is 3.62. The molecule has 2 atom stereocenters. The number of nitrogens with zero attached hydrogens (tertiary/aromatic N) is 2. The second-order valence-corrected chi connectivity index (χ2v) is 6.89. The molecule has 0 unspecified atom stereocenters. The molecule has 1 saturated heterocycles. The molecule has 0 spiro atoms. The van der Waals surface area contributed by atoms with E-state index in [1.165, 1.54) is 0 Å². The minimum atomic E-state index is -0.176. The summed E-state index contributed by atoms with van der Waals surface area (Å²) in [6.45, 7) is 2.61. The van der Waals surface area contributed by atoms with E-state index in [1.807, 2.05) is 30.9 Å². The lowest BCUT2D eigenvalue weighted by Crippen LogP contribution is -2.37. The number of carbonyl (C=O) groups is 2. The zero-order chi connectivity index (χ0) is 18.3. The molecule has 2 N–H and O–H groups in total. The summed E-state index contributed by atoms with van der Waals surface area (Å²) in [4.78, 5) is 24.2. The van der Waals surface area contributed by atoms with Crippen LogP contribution in [0.5, 0.6) is 0 Å². The van der Waals surface area contributed by atoms with Crippen molar-refractivity contribution in [1.29, 1.82) is 0 Å². The summed E-state index contributed by atoms with van der Waals surface area (Å²) < 4.78 is 7.68. The minimum absolute atomic E-state index is 0.0208. The van der Waals surface area contributed by atoms with Gasteiger partial charge in [0.2, 0.25) is 5.91 Å². The number of nitrogens with one attached hydrogen (secondary N) is 2. The van der Waals surface area contributed by atoms with Crippen LogP contribution in [0.4, 0.5) is 5.69 Å². The maximum Gasteiger partial charge on any atom is 0.251 e. The molecule has 26 heavy (non-hydrogen) atoms. The molecule has 0 radical (unpaired) electrons. The quantitative estimate of drug-likeness (QED) is 0.881. The summed E-state index contributed by atoms with van der Waals surface area (Å²) in [7, 11) is 1.90. The van der Waals surface area contributed by atoms with E-state index in [4.69, 9.17) is 4.74 Å². The highest BCUT2D eigenvalue weighted by Gasteiger charge is 2.33. The van der Waals surface area contributed by atoms with E-state index in [0.717, 1.165) is 28.9 Å². The molecule has 2 aliphatic rings. The lowest BCUT2D eigenvalue weighted by molar-refractivity contribution is -0.116. The number of hydrogen-bond donors (Lipinski definition) is 2. The molecule has 2 aliphatic heterocycles. The average molecular weight is 354 g/mol. The number of carbonyl (C=O) groups excluding carboxylic acids is 2. The second kappa shape index (κ2) is 6.57. The summed E-state index contributed by atoms with van der Waals surface area (Å²) in [6, 6.07) is 5.33. The van der Waals surface area contributed by atoms with Crippen molar-refractivity contribution in [1.82, 2.24) is 15.1 Å². The Bertz CT molecular complexity index is 874. The van der Waals surface area contributed by atoms with E-state index in [2.05, 4.69) is 15.7 Å². The first-order valence-electron chi connectivity index (χ1n) is 8.86. The molecule has 2 aromatic rings. The highest BCUT2D eigenvalue weighted by molar-refractivity contribution is 5.98. The molecule has 4 rings (SSSR count). The molecular formula is C19H22N4O3. The number of fused-ring (bicyclic) bond motifs is 1. The van der Waals surface area contributed by atoms with Crippen LogP contribution in [0.25, 0.3) is 0 Å². The maximum absolute atomic E-state index is 12.7. The fraction of sp³-hybridized carbons (Fsp3) is 0.421. The van der Waals surface area contributed by atoms with Crippen LogP contribution in [-0.2, 0) is 23.0 Å². The van der Waals surface area contributed by atoms with E-state index in [1.54, 1.807) is 12.1 Å². The van der Waals surface area contributed by atoms with Gasteiger partial charge in [-0.05, 0) is 43.5 Å². The molecule has 1 aromatic heterocycles. The van der Waals surface area contributed by atoms with Crippen molar-refractivity contribution in [3.63, 3.8) is 0 Å². The molecule has 0 bridgehead atoms. The van der Waals surface area contributed by atoms with Crippen molar-refractivity contribution in [3.05, 3.63) is 46.8 Å². The third-order valence-corrected chi connectivity index (χ3v) is 5.25. The van der Waals surface area contributed by atoms with Crippen LogP contribution in [0, 0.1) is 6.92 Å². The first-order chi connectivity index (χ1) is 12.5. The number of anilines is 1. The number of ether oxygens (including phenoxy) is 1. The van der Waals surface area contributed by atoms with Crippen LogP contribution in [0.15, 0.2) is 24.4 Å². The summed E-state index contributed by atoms with van der Waals surface area (Å²) in [5, 5.41) is 10.2. The maximum atomic E-state index is 12.7. The van der Waals surface area contributed by atoms with Crippen molar-refractivity contribution in [2.24, 2.45) is 7.05 Å². The number of amides is 2. The Morgan fingerprint density at radius 2 is 2.23 bits per heavy atom. The number of benzene rings is 1. The Labute approximate surface area is 151 Å². The van der Waals surface area contributed by atoms with Gasteiger partial charge in [0.15, 0.2) is 0 Å². The lowest BCUT2D eigenvalue weighted by Gasteiger charge is -2.21. The first kappa shape index (κ1) is 16.8. The molecule has 3 heterocycles. The molecular weight excluding hydrogens is 332 g/mol. The number of rotatable bonds is 3. The van der Waals surface area contributed by atoms with Gasteiger partial charge in [0, 0.05) is 42.6 Å². The fourth-order valence-electron chi connectivity index (χ4n) is 3.62. The average Bonchev–Trinajstić information content (AvgIpc) is 3.21. The highest BCUT2D eigenvalue weighted by atomic mass is 16.5. The van der Waals surface area contributed by atoms with Gasteiger partial charge in [-0.1, -0.05) is 0 Å². The Morgan fingerprint density at radius 3 is 3.00 bits per heavy atom. The van der Waals surface area contributed by atoms with Gasteiger partial charge in [0.25, 0.3) is 5.91 Å². The Kier molecular flexibility index (Phi) is 4.24. The Hall–Kier alpha value is -2.67. The van der Waals surface area contributed by atoms with Crippen LogP contribution >= 0.6 is 0 Å². The van der Waals surface area contributed by atoms with E-state index in [0.29, 0.717) is 25.0 Å². The molecule has 1 fully saturated rings. The third-order valence-electron chi connectivity index (χ3n) is 5.25. The normalized spacial score (nSPS) is 22.0. The molecule has 7 heteroatoms. The van der Waals surface area contributed by atoms with Crippen LogP contribution < -0.4 is 10.6 Å². The minimum Gasteiger partial charge on any atom is -0.371 e. The van der Waals surface area contributed by atoms with Gasteiger partial charge < -0.3 is 15.4 Å².